The van der Waals surface area contributed by atoms with E-state index < -0.39 is 6.04 Å². The normalized spacial score (nSPS) is 13.2. The Morgan fingerprint density at radius 2 is 1.54 bits per heavy atom. The molecule has 3 aromatic carbocycles. The summed E-state index contributed by atoms with van der Waals surface area (Å²) in [6.07, 6.45) is 10.9. The summed E-state index contributed by atoms with van der Waals surface area (Å²) in [5.74, 6) is 0.245. The number of rotatable bonds is 10. The molecule has 9 heteroatoms. The van der Waals surface area contributed by atoms with Gasteiger partial charge in [0.05, 0.1) is 7.11 Å². The zero-order valence-corrected chi connectivity index (χ0v) is 25.6. The van der Waals surface area contributed by atoms with Gasteiger partial charge in [-0.3, -0.25) is 9.59 Å². The number of aromatic nitrogens is 4. The van der Waals surface area contributed by atoms with Crippen molar-refractivity contribution < 1.29 is 14.3 Å². The molecule has 230 valence electrons. The predicted octanol–water partition coefficient (Wildman–Crippen LogP) is 5.18. The van der Waals surface area contributed by atoms with Crippen molar-refractivity contribution in [3.8, 4) is 17.4 Å². The van der Waals surface area contributed by atoms with Crippen LogP contribution in [0.4, 0.5) is 0 Å². The summed E-state index contributed by atoms with van der Waals surface area (Å²) in [7, 11) is 1.50. The topological polar surface area (TPSA) is 101 Å². The number of carbonyl (C=O) groups excluding carboxylic acids is 2. The van der Waals surface area contributed by atoms with Gasteiger partial charge < -0.3 is 14.5 Å². The number of ether oxygens (including phenoxy) is 1. The largest absolute Gasteiger partial charge is 0.467 e. The van der Waals surface area contributed by atoms with E-state index in [0.717, 1.165) is 28.7 Å². The van der Waals surface area contributed by atoms with Crippen LogP contribution in [-0.2, 0) is 35.5 Å². The summed E-state index contributed by atoms with van der Waals surface area (Å²) in [6.45, 7) is 1.33. The first-order chi connectivity index (χ1) is 22.6. The molecule has 3 heterocycles. The van der Waals surface area contributed by atoms with Crippen molar-refractivity contribution in [2.75, 3.05) is 13.7 Å². The number of carbonyl (C=O) groups is 2. The van der Waals surface area contributed by atoms with Gasteiger partial charge in [0.2, 0.25) is 11.8 Å². The van der Waals surface area contributed by atoms with Gasteiger partial charge in [0.1, 0.15) is 6.04 Å². The first-order valence-corrected chi connectivity index (χ1v) is 15.2. The summed E-state index contributed by atoms with van der Waals surface area (Å²) in [4.78, 5) is 49.1. The molecule has 6 rings (SSSR count). The maximum atomic E-state index is 14.5. The number of fused-ring (bicyclic) bond motifs is 1. The van der Waals surface area contributed by atoms with Gasteiger partial charge in [-0.2, -0.15) is 0 Å². The molecule has 5 aromatic rings. The molecule has 0 fully saturated rings. The zero-order valence-electron chi connectivity index (χ0n) is 25.6. The number of benzene rings is 3. The summed E-state index contributed by atoms with van der Waals surface area (Å²) in [6, 6.07) is 27.1. The van der Waals surface area contributed by atoms with Gasteiger partial charge >= 0.3 is 6.01 Å². The van der Waals surface area contributed by atoms with E-state index in [4.69, 9.17) is 4.74 Å². The van der Waals surface area contributed by atoms with Crippen molar-refractivity contribution in [3.63, 3.8) is 0 Å². The lowest BCUT2D eigenvalue weighted by molar-refractivity contribution is -0.144. The van der Waals surface area contributed by atoms with Gasteiger partial charge in [0.15, 0.2) is 5.82 Å². The first kappa shape index (κ1) is 30.3. The van der Waals surface area contributed by atoms with Gasteiger partial charge in [-0.25, -0.2) is 19.9 Å². The van der Waals surface area contributed by atoms with Crippen LogP contribution in [0.25, 0.3) is 17.5 Å². The quantitative estimate of drug-likeness (QED) is 0.201. The van der Waals surface area contributed by atoms with Crippen molar-refractivity contribution in [1.29, 1.82) is 0 Å². The fourth-order valence-corrected chi connectivity index (χ4v) is 5.59. The molecule has 0 saturated heterocycles. The molecule has 0 aliphatic carbocycles. The van der Waals surface area contributed by atoms with E-state index >= 15 is 0 Å². The highest BCUT2D eigenvalue weighted by Gasteiger charge is 2.34. The molecule has 1 aliphatic rings. The van der Waals surface area contributed by atoms with E-state index in [2.05, 4.69) is 32.1 Å². The summed E-state index contributed by atoms with van der Waals surface area (Å²) >= 11 is 0. The highest BCUT2D eigenvalue weighted by atomic mass is 16.5. The minimum atomic E-state index is -0.742. The van der Waals surface area contributed by atoms with Crippen LogP contribution < -0.4 is 4.74 Å². The van der Waals surface area contributed by atoms with Gasteiger partial charge in [-0.15, -0.1) is 0 Å². The molecular formula is C37H34N6O3. The highest BCUT2D eigenvalue weighted by molar-refractivity contribution is 5.95. The van der Waals surface area contributed by atoms with E-state index in [1.807, 2.05) is 71.6 Å². The minimum absolute atomic E-state index is 0.0813. The van der Waals surface area contributed by atoms with Crippen molar-refractivity contribution in [2.24, 2.45) is 0 Å². The fraction of sp³-hybridized carbons (Fsp3) is 0.189. The Kier molecular flexibility index (Phi) is 9.49. The smallest absolute Gasteiger partial charge is 0.316 e. The van der Waals surface area contributed by atoms with Crippen molar-refractivity contribution in [2.45, 2.75) is 32.0 Å². The first-order valence-electron chi connectivity index (χ1n) is 15.2. The third-order valence-corrected chi connectivity index (χ3v) is 8.04. The van der Waals surface area contributed by atoms with Crippen LogP contribution in [0.5, 0.6) is 6.01 Å². The Bertz CT molecular complexity index is 1800. The van der Waals surface area contributed by atoms with Crippen molar-refractivity contribution in [3.05, 3.63) is 144 Å². The van der Waals surface area contributed by atoms with E-state index in [9.17, 15) is 9.59 Å². The third kappa shape index (κ3) is 7.32. The van der Waals surface area contributed by atoms with E-state index in [1.54, 1.807) is 41.8 Å². The predicted molar refractivity (Wildman–Crippen MR) is 175 cm³/mol. The van der Waals surface area contributed by atoms with Crippen LogP contribution in [-0.4, -0.2) is 61.2 Å². The number of hydrogen-bond donors (Lipinski definition) is 0. The molecule has 1 unspecified atom stereocenters. The average molecular weight is 611 g/mol. The Hall–Kier alpha value is -5.70. The Labute approximate surface area is 268 Å². The summed E-state index contributed by atoms with van der Waals surface area (Å²) < 4.78 is 5.06. The molecule has 2 amide bonds. The van der Waals surface area contributed by atoms with E-state index in [1.165, 1.54) is 18.7 Å². The molecule has 1 aliphatic heterocycles. The van der Waals surface area contributed by atoms with E-state index in [-0.39, 0.29) is 24.4 Å². The standard InChI is InChI=1S/C37H34N6O3/c1-46-37-40-23-29(24-41-37)14-17-34(44)43(25-28-12-15-31(16-13-28)35-38-19-7-20-39-35)33(22-27-8-3-2-4-9-27)36(45)42-21-18-30-10-5-6-11-32(30)26-42/h2-17,19-20,23-24,33H,18,21-22,25-26H2,1H3. The van der Waals surface area contributed by atoms with E-state index in [0.29, 0.717) is 30.9 Å². The third-order valence-electron chi connectivity index (χ3n) is 8.04. The second kappa shape index (κ2) is 14.4. The molecule has 1 atom stereocenters. The number of methoxy groups -OCH3 is 1. The molecule has 46 heavy (non-hydrogen) atoms. The molecule has 0 saturated carbocycles. The van der Waals surface area contributed by atoms with Crippen molar-refractivity contribution in [1.82, 2.24) is 29.7 Å². The minimum Gasteiger partial charge on any atom is -0.467 e. The molecule has 0 N–H and O–H groups in total. The average Bonchev–Trinajstić information content (AvgIpc) is 3.13. The highest BCUT2D eigenvalue weighted by Crippen LogP contribution is 2.24. The number of hydrogen-bond acceptors (Lipinski definition) is 7. The fourth-order valence-electron chi connectivity index (χ4n) is 5.59. The summed E-state index contributed by atoms with van der Waals surface area (Å²) in [5.41, 5.74) is 5.75. The zero-order chi connectivity index (χ0) is 31.7. The SMILES string of the molecule is COc1ncc(C=CC(=O)N(Cc2ccc(-c3ncccn3)cc2)C(Cc2ccccc2)C(=O)N2CCc3ccccc3C2)cn1. The number of nitrogens with zero attached hydrogens (tertiary/aromatic N) is 6. The number of amides is 2. The molecule has 0 bridgehead atoms. The molecule has 0 radical (unpaired) electrons. The van der Waals surface area contributed by atoms with Crippen LogP contribution >= 0.6 is 0 Å². The maximum absolute atomic E-state index is 14.5. The maximum Gasteiger partial charge on any atom is 0.316 e. The van der Waals surface area contributed by atoms with Gasteiger partial charge in [-0.1, -0.05) is 78.9 Å². The summed E-state index contributed by atoms with van der Waals surface area (Å²) in [5, 5.41) is 0. The lowest BCUT2D eigenvalue weighted by Crippen LogP contribution is -2.52. The monoisotopic (exact) mass is 610 g/mol. The van der Waals surface area contributed by atoms with Crippen LogP contribution in [0.3, 0.4) is 0 Å². The second-order valence-corrected chi connectivity index (χ2v) is 11.1. The molecule has 2 aromatic heterocycles. The Morgan fingerprint density at radius 3 is 2.26 bits per heavy atom. The van der Waals surface area contributed by atoms with Gasteiger partial charge in [0, 0.05) is 68.0 Å². The van der Waals surface area contributed by atoms with Crippen LogP contribution in [0, 0.1) is 0 Å². The molecule has 9 nitrogen and oxygen atoms in total. The lowest BCUT2D eigenvalue weighted by atomic mass is 9.97. The Balaban J connectivity index is 1.34. The molecule has 0 spiro atoms. The second-order valence-electron chi connectivity index (χ2n) is 11.1. The van der Waals surface area contributed by atoms with Crippen LogP contribution in [0.15, 0.2) is 116 Å². The van der Waals surface area contributed by atoms with Crippen LogP contribution in [0.1, 0.15) is 27.8 Å². The molecular weight excluding hydrogens is 576 g/mol. The van der Waals surface area contributed by atoms with Gasteiger partial charge in [0.25, 0.3) is 0 Å². The Morgan fingerprint density at radius 1 is 0.848 bits per heavy atom. The van der Waals surface area contributed by atoms with Crippen molar-refractivity contribution >= 4 is 17.9 Å². The lowest BCUT2D eigenvalue weighted by Gasteiger charge is -2.37. The van der Waals surface area contributed by atoms with Crippen LogP contribution in [0.2, 0.25) is 0 Å². The van der Waals surface area contributed by atoms with Gasteiger partial charge in [-0.05, 0) is 40.8 Å².